The van der Waals surface area contributed by atoms with Gasteiger partial charge in [-0.2, -0.15) is 0 Å². The van der Waals surface area contributed by atoms with Crippen molar-refractivity contribution >= 4 is 12.4 Å². The number of rotatable bonds is 6. The number of hydrogen-bond donors (Lipinski definition) is 0. The molecule has 3 heteroatoms. The van der Waals surface area contributed by atoms with Crippen LogP contribution < -0.4 is 0 Å². The molecule has 0 amide bonds. The van der Waals surface area contributed by atoms with Crippen LogP contribution in [0.2, 0.25) is 0 Å². The summed E-state index contributed by atoms with van der Waals surface area (Å²) in [6.45, 7) is 1.97. The molecule has 0 saturated heterocycles. The van der Waals surface area contributed by atoms with Crippen LogP contribution >= 0.6 is 12.4 Å². The van der Waals surface area contributed by atoms with E-state index in [9.17, 15) is 0 Å². The van der Waals surface area contributed by atoms with Crippen LogP contribution in [0.4, 0.5) is 0 Å². The number of halogens is 1. The fourth-order valence-electron chi connectivity index (χ4n) is 3.03. The summed E-state index contributed by atoms with van der Waals surface area (Å²) in [5.74, 6) is 0. The molecule has 0 spiro atoms. The predicted octanol–water partition coefficient (Wildman–Crippen LogP) is 4.24. The van der Waals surface area contributed by atoms with Gasteiger partial charge in [0.25, 0.3) is 0 Å². The van der Waals surface area contributed by atoms with E-state index in [1.807, 2.05) is 0 Å². The molecule has 0 aromatic heterocycles. The van der Waals surface area contributed by atoms with Crippen LogP contribution in [0.25, 0.3) is 0 Å². The van der Waals surface area contributed by atoms with E-state index in [1.54, 1.807) is 0 Å². The van der Waals surface area contributed by atoms with Crippen molar-refractivity contribution in [2.75, 3.05) is 27.2 Å². The zero-order valence-electron chi connectivity index (χ0n) is 12.8. The van der Waals surface area contributed by atoms with Gasteiger partial charge >= 0.3 is 0 Å². The summed E-state index contributed by atoms with van der Waals surface area (Å²) in [4.78, 5) is 2.22. The molecule has 0 N–H and O–H groups in total. The first-order valence-electron chi connectivity index (χ1n) is 7.57. The van der Waals surface area contributed by atoms with Crippen molar-refractivity contribution in [2.45, 2.75) is 44.1 Å². The van der Waals surface area contributed by atoms with Gasteiger partial charge in [0, 0.05) is 6.61 Å². The molecular weight excluding hydrogens is 270 g/mol. The fraction of sp³-hybridized carbons (Fsp3) is 0.647. The molecule has 0 heterocycles. The first-order chi connectivity index (χ1) is 9.23. The lowest BCUT2D eigenvalue weighted by atomic mass is 9.79. The van der Waals surface area contributed by atoms with E-state index < -0.39 is 0 Å². The van der Waals surface area contributed by atoms with Crippen LogP contribution in [0.3, 0.4) is 0 Å². The van der Waals surface area contributed by atoms with Crippen molar-refractivity contribution in [1.82, 2.24) is 4.90 Å². The summed E-state index contributed by atoms with van der Waals surface area (Å²) < 4.78 is 6.38. The summed E-state index contributed by atoms with van der Waals surface area (Å²) in [6, 6.07) is 10.8. The molecule has 0 unspecified atom stereocenters. The fourth-order valence-corrected chi connectivity index (χ4v) is 3.03. The topological polar surface area (TPSA) is 12.5 Å². The van der Waals surface area contributed by atoms with Crippen molar-refractivity contribution in [3.8, 4) is 0 Å². The molecule has 1 aliphatic rings. The minimum absolute atomic E-state index is 0. The molecule has 1 fully saturated rings. The molecule has 2 nitrogen and oxygen atoms in total. The Hall–Kier alpha value is -0.570. The van der Waals surface area contributed by atoms with Gasteiger partial charge in [0.1, 0.15) is 0 Å². The van der Waals surface area contributed by atoms with Crippen LogP contribution in [-0.4, -0.2) is 32.1 Å². The lowest BCUT2D eigenvalue weighted by molar-refractivity contribution is -0.0777. The van der Waals surface area contributed by atoms with Gasteiger partial charge in [-0.1, -0.05) is 49.6 Å². The summed E-state index contributed by atoms with van der Waals surface area (Å²) in [5, 5.41) is 0. The largest absolute Gasteiger partial charge is 0.370 e. The van der Waals surface area contributed by atoms with Gasteiger partial charge in [0.15, 0.2) is 0 Å². The van der Waals surface area contributed by atoms with E-state index >= 15 is 0 Å². The molecule has 1 aromatic rings. The molecule has 0 aliphatic heterocycles. The third kappa shape index (κ3) is 4.76. The SMILES string of the molecule is CN(C)CCCOC1(c2ccccc2)CCCCC1.Cl. The summed E-state index contributed by atoms with van der Waals surface area (Å²) >= 11 is 0. The van der Waals surface area contributed by atoms with Crippen molar-refractivity contribution in [3.05, 3.63) is 35.9 Å². The molecule has 1 saturated carbocycles. The van der Waals surface area contributed by atoms with Crippen molar-refractivity contribution in [2.24, 2.45) is 0 Å². The van der Waals surface area contributed by atoms with E-state index in [-0.39, 0.29) is 18.0 Å². The van der Waals surface area contributed by atoms with E-state index in [2.05, 4.69) is 49.3 Å². The number of ether oxygens (including phenoxy) is 1. The van der Waals surface area contributed by atoms with E-state index in [1.165, 1.54) is 37.7 Å². The standard InChI is InChI=1S/C17H27NO.ClH/c1-18(2)14-9-15-19-17(12-7-4-8-13-17)16-10-5-3-6-11-16;/h3,5-6,10-11H,4,7-9,12-15H2,1-2H3;1H. The van der Waals surface area contributed by atoms with Crippen LogP contribution in [-0.2, 0) is 10.3 Å². The van der Waals surface area contributed by atoms with Gasteiger partial charge in [-0.25, -0.2) is 0 Å². The van der Waals surface area contributed by atoms with Crippen LogP contribution in [0, 0.1) is 0 Å². The molecule has 1 aromatic carbocycles. The molecule has 0 radical (unpaired) electrons. The maximum absolute atomic E-state index is 6.38. The zero-order valence-corrected chi connectivity index (χ0v) is 13.6. The summed E-state index contributed by atoms with van der Waals surface area (Å²) in [7, 11) is 4.24. The average Bonchev–Trinajstić information content (AvgIpc) is 2.45. The van der Waals surface area contributed by atoms with Gasteiger partial charge in [-0.3, -0.25) is 0 Å². The Bertz CT molecular complexity index is 361. The summed E-state index contributed by atoms with van der Waals surface area (Å²) in [5.41, 5.74) is 1.37. The predicted molar refractivity (Wildman–Crippen MR) is 87.6 cm³/mol. The molecule has 2 rings (SSSR count). The Labute approximate surface area is 129 Å². The molecule has 20 heavy (non-hydrogen) atoms. The smallest absolute Gasteiger partial charge is 0.0931 e. The summed E-state index contributed by atoms with van der Waals surface area (Å²) in [6.07, 6.45) is 7.42. The highest BCUT2D eigenvalue weighted by Gasteiger charge is 2.34. The second kappa shape index (κ2) is 8.66. The molecule has 1 aliphatic carbocycles. The lowest BCUT2D eigenvalue weighted by Gasteiger charge is -2.38. The quantitative estimate of drug-likeness (QED) is 0.728. The minimum Gasteiger partial charge on any atom is -0.370 e. The third-order valence-corrected chi connectivity index (χ3v) is 4.09. The molecule has 114 valence electrons. The van der Waals surface area contributed by atoms with Crippen LogP contribution in [0.5, 0.6) is 0 Å². The second-order valence-corrected chi connectivity index (χ2v) is 5.93. The van der Waals surface area contributed by atoms with Gasteiger partial charge in [0.2, 0.25) is 0 Å². The average molecular weight is 298 g/mol. The van der Waals surface area contributed by atoms with E-state index in [0.717, 1.165) is 19.6 Å². The Morgan fingerprint density at radius 1 is 1.05 bits per heavy atom. The van der Waals surface area contributed by atoms with E-state index in [0.29, 0.717) is 0 Å². The zero-order chi connectivity index (χ0) is 13.6. The van der Waals surface area contributed by atoms with Gasteiger partial charge < -0.3 is 9.64 Å². The van der Waals surface area contributed by atoms with E-state index in [4.69, 9.17) is 4.74 Å². The molecule has 0 atom stereocenters. The minimum atomic E-state index is -0.00811. The number of hydrogen-bond acceptors (Lipinski definition) is 2. The van der Waals surface area contributed by atoms with Crippen LogP contribution in [0.1, 0.15) is 44.1 Å². The van der Waals surface area contributed by atoms with Crippen molar-refractivity contribution in [1.29, 1.82) is 0 Å². The Morgan fingerprint density at radius 2 is 1.70 bits per heavy atom. The molecule has 0 bridgehead atoms. The highest BCUT2D eigenvalue weighted by molar-refractivity contribution is 5.85. The molecular formula is C17H28ClNO. The first-order valence-corrected chi connectivity index (χ1v) is 7.57. The highest BCUT2D eigenvalue weighted by atomic mass is 35.5. The third-order valence-electron chi connectivity index (χ3n) is 4.09. The normalized spacial score (nSPS) is 17.8. The Balaban J connectivity index is 0.00000200. The van der Waals surface area contributed by atoms with Crippen LogP contribution in [0.15, 0.2) is 30.3 Å². The maximum Gasteiger partial charge on any atom is 0.0931 e. The number of nitrogens with zero attached hydrogens (tertiary/aromatic N) is 1. The van der Waals surface area contributed by atoms with Crippen molar-refractivity contribution < 1.29 is 4.74 Å². The Morgan fingerprint density at radius 3 is 2.30 bits per heavy atom. The monoisotopic (exact) mass is 297 g/mol. The maximum atomic E-state index is 6.38. The van der Waals surface area contributed by atoms with Gasteiger partial charge in [-0.05, 0) is 45.5 Å². The first kappa shape index (κ1) is 17.5. The van der Waals surface area contributed by atoms with Gasteiger partial charge in [-0.15, -0.1) is 12.4 Å². The van der Waals surface area contributed by atoms with Gasteiger partial charge in [0.05, 0.1) is 5.60 Å². The lowest BCUT2D eigenvalue weighted by Crippen LogP contribution is -2.33. The highest BCUT2D eigenvalue weighted by Crippen LogP contribution is 2.40. The second-order valence-electron chi connectivity index (χ2n) is 5.93. The Kier molecular flexibility index (Phi) is 7.57. The van der Waals surface area contributed by atoms with Crippen molar-refractivity contribution in [3.63, 3.8) is 0 Å². The number of benzene rings is 1.